The van der Waals surface area contributed by atoms with Crippen LogP contribution in [0.25, 0.3) is 11.1 Å². The first-order valence-corrected chi connectivity index (χ1v) is 11.5. The molecule has 1 saturated carbocycles. The van der Waals surface area contributed by atoms with Crippen molar-refractivity contribution in [2.24, 2.45) is 11.8 Å². The molecule has 2 aromatic carbocycles. The molecule has 2 atom stereocenters. The Kier molecular flexibility index (Phi) is 6.74. The van der Waals surface area contributed by atoms with E-state index in [2.05, 4.69) is 26.2 Å². The summed E-state index contributed by atoms with van der Waals surface area (Å²) in [4.78, 5) is 39.7. The number of nitrogens with one attached hydrogen (secondary N) is 1. The summed E-state index contributed by atoms with van der Waals surface area (Å²) in [5.74, 6) is -0.739. The molecule has 3 aromatic rings. The van der Waals surface area contributed by atoms with Gasteiger partial charge in [0.1, 0.15) is 0 Å². The normalized spacial score (nSPS) is 16.6. The maximum Gasteiger partial charge on any atom is 0.338 e. The number of methoxy groups -OCH3 is 1. The summed E-state index contributed by atoms with van der Waals surface area (Å²) in [6, 6.07) is 15.1. The van der Waals surface area contributed by atoms with Crippen LogP contribution in [0.1, 0.15) is 27.9 Å². The molecule has 1 N–H and O–H groups in total. The van der Waals surface area contributed by atoms with Crippen LogP contribution in [0.2, 0.25) is 0 Å². The van der Waals surface area contributed by atoms with Gasteiger partial charge in [-0.1, -0.05) is 42.5 Å². The van der Waals surface area contributed by atoms with Gasteiger partial charge in [-0.2, -0.15) is 0 Å². The third-order valence-corrected chi connectivity index (χ3v) is 6.82. The number of amides is 1. The minimum atomic E-state index is -0.535. The molecule has 34 heavy (non-hydrogen) atoms. The molecule has 0 aliphatic heterocycles. The second kappa shape index (κ2) is 9.72. The van der Waals surface area contributed by atoms with E-state index in [4.69, 9.17) is 4.74 Å². The molecule has 0 radical (unpaired) electrons. The number of carbonyl (C=O) groups is 2. The van der Waals surface area contributed by atoms with Crippen LogP contribution in [0.5, 0.6) is 0 Å². The summed E-state index contributed by atoms with van der Waals surface area (Å²) < 4.78 is 5.38. The fourth-order valence-electron chi connectivity index (χ4n) is 4.03. The summed E-state index contributed by atoms with van der Waals surface area (Å²) in [5, 5.41) is 14.1. The van der Waals surface area contributed by atoms with Crippen LogP contribution in [0.4, 0.5) is 11.5 Å². The van der Waals surface area contributed by atoms with E-state index in [1.165, 1.54) is 13.3 Å². The molecule has 1 aliphatic carbocycles. The highest BCUT2D eigenvalue weighted by Crippen LogP contribution is 2.43. The number of halogens is 1. The number of nitro groups is 1. The Hall–Kier alpha value is -3.59. The van der Waals surface area contributed by atoms with Gasteiger partial charge in [0.2, 0.25) is 11.7 Å². The molecule has 8 nitrogen and oxygen atoms in total. The number of ether oxygens (including phenoxy) is 1. The number of pyridine rings is 1. The SMILES string of the molecule is COC(=O)c1ccccc1-c1ccc(CC2CC2C(=O)Nc2ncc(Br)c(C)c2[N+](=O)[O-])cc1. The maximum absolute atomic E-state index is 12.7. The average molecular weight is 524 g/mol. The molecule has 1 fully saturated rings. The maximum atomic E-state index is 12.7. The van der Waals surface area contributed by atoms with Gasteiger partial charge in [0.05, 0.1) is 17.6 Å². The predicted molar refractivity (Wildman–Crippen MR) is 130 cm³/mol. The molecule has 1 amide bonds. The number of anilines is 1. The molecule has 9 heteroatoms. The fourth-order valence-corrected chi connectivity index (χ4v) is 4.32. The van der Waals surface area contributed by atoms with Crippen molar-refractivity contribution in [2.75, 3.05) is 12.4 Å². The summed E-state index contributed by atoms with van der Waals surface area (Å²) in [5.41, 5.74) is 3.48. The van der Waals surface area contributed by atoms with Crippen LogP contribution in [0.3, 0.4) is 0 Å². The Morgan fingerprint density at radius 1 is 1.21 bits per heavy atom. The Morgan fingerprint density at radius 3 is 2.59 bits per heavy atom. The molecule has 0 saturated heterocycles. The number of nitrogens with zero attached hydrogens (tertiary/aromatic N) is 2. The van der Waals surface area contributed by atoms with Crippen molar-refractivity contribution in [3.63, 3.8) is 0 Å². The molecule has 0 spiro atoms. The third kappa shape index (κ3) is 4.84. The minimum absolute atomic E-state index is 0.0324. The highest BCUT2D eigenvalue weighted by Gasteiger charge is 2.43. The predicted octanol–water partition coefficient (Wildman–Crippen LogP) is 5.33. The van der Waals surface area contributed by atoms with Gasteiger partial charge in [-0.3, -0.25) is 14.9 Å². The van der Waals surface area contributed by atoms with Crippen LogP contribution in [0.15, 0.2) is 59.2 Å². The molecular formula is C25H22BrN3O5. The number of carbonyl (C=O) groups excluding carboxylic acids is 2. The number of hydrogen-bond donors (Lipinski definition) is 1. The van der Waals surface area contributed by atoms with Crippen molar-refractivity contribution >= 4 is 39.3 Å². The number of rotatable bonds is 7. The molecule has 1 aliphatic rings. The number of benzene rings is 2. The van der Waals surface area contributed by atoms with Crippen molar-refractivity contribution in [3.8, 4) is 11.1 Å². The molecule has 174 valence electrons. The van der Waals surface area contributed by atoms with E-state index >= 15 is 0 Å². The van der Waals surface area contributed by atoms with Gasteiger partial charge in [-0.15, -0.1) is 0 Å². The van der Waals surface area contributed by atoms with Gasteiger partial charge in [0.15, 0.2) is 0 Å². The topological polar surface area (TPSA) is 111 Å². The van der Waals surface area contributed by atoms with Gasteiger partial charge < -0.3 is 10.1 Å². The second-order valence-electron chi connectivity index (χ2n) is 8.22. The van der Waals surface area contributed by atoms with E-state index in [9.17, 15) is 19.7 Å². The molecule has 0 bridgehead atoms. The van der Waals surface area contributed by atoms with Crippen LogP contribution in [-0.2, 0) is 16.0 Å². The Morgan fingerprint density at radius 2 is 1.91 bits per heavy atom. The Bertz CT molecular complexity index is 1280. The lowest BCUT2D eigenvalue weighted by atomic mass is 9.97. The first kappa shape index (κ1) is 23.6. The van der Waals surface area contributed by atoms with E-state index in [-0.39, 0.29) is 35.2 Å². The van der Waals surface area contributed by atoms with Crippen molar-refractivity contribution in [3.05, 3.63) is 86.0 Å². The first-order valence-electron chi connectivity index (χ1n) is 10.7. The average Bonchev–Trinajstić information content (AvgIpc) is 3.60. The highest BCUT2D eigenvalue weighted by molar-refractivity contribution is 9.10. The lowest BCUT2D eigenvalue weighted by Crippen LogP contribution is -2.17. The second-order valence-corrected chi connectivity index (χ2v) is 9.07. The first-order chi connectivity index (χ1) is 16.3. The molecule has 2 unspecified atom stereocenters. The fraction of sp³-hybridized carbons (Fsp3) is 0.240. The van der Waals surface area contributed by atoms with E-state index in [0.717, 1.165) is 16.7 Å². The van der Waals surface area contributed by atoms with Crippen molar-refractivity contribution in [1.82, 2.24) is 4.98 Å². The standard InChI is InChI=1S/C25H22BrN3O5/c1-14-21(26)13-27-23(22(14)29(32)33)28-24(30)20-12-17(20)11-15-7-9-16(10-8-15)18-5-3-4-6-19(18)25(31)34-2/h3-10,13,17,20H,11-12H2,1-2H3,(H,27,28,30). The molecule has 1 aromatic heterocycles. The summed E-state index contributed by atoms with van der Waals surface area (Å²) in [6.07, 6.45) is 2.87. The lowest BCUT2D eigenvalue weighted by Gasteiger charge is -2.09. The summed E-state index contributed by atoms with van der Waals surface area (Å²) in [7, 11) is 1.36. The minimum Gasteiger partial charge on any atom is -0.465 e. The largest absolute Gasteiger partial charge is 0.465 e. The van der Waals surface area contributed by atoms with E-state index in [0.29, 0.717) is 28.4 Å². The molecular weight excluding hydrogens is 502 g/mol. The number of hydrogen-bond acceptors (Lipinski definition) is 6. The van der Waals surface area contributed by atoms with Gasteiger partial charge in [0, 0.05) is 22.2 Å². The van der Waals surface area contributed by atoms with Gasteiger partial charge in [-0.05, 0) is 64.4 Å². The number of aromatic nitrogens is 1. The van der Waals surface area contributed by atoms with E-state index < -0.39 is 4.92 Å². The Balaban J connectivity index is 1.41. The summed E-state index contributed by atoms with van der Waals surface area (Å²) >= 11 is 3.23. The highest BCUT2D eigenvalue weighted by atomic mass is 79.9. The van der Waals surface area contributed by atoms with Crippen molar-refractivity contribution in [2.45, 2.75) is 19.8 Å². The Labute approximate surface area is 204 Å². The smallest absolute Gasteiger partial charge is 0.338 e. The van der Waals surface area contributed by atoms with Gasteiger partial charge in [0.25, 0.3) is 0 Å². The van der Waals surface area contributed by atoms with Crippen LogP contribution in [0, 0.1) is 28.9 Å². The zero-order valence-corrected chi connectivity index (χ0v) is 20.2. The monoisotopic (exact) mass is 523 g/mol. The van der Waals surface area contributed by atoms with Crippen molar-refractivity contribution < 1.29 is 19.2 Å². The zero-order chi connectivity index (χ0) is 24.4. The van der Waals surface area contributed by atoms with Crippen molar-refractivity contribution in [1.29, 1.82) is 0 Å². The molecule has 1 heterocycles. The van der Waals surface area contributed by atoms with Gasteiger partial charge in [-0.25, -0.2) is 9.78 Å². The molecule has 4 rings (SSSR count). The number of esters is 1. The van der Waals surface area contributed by atoms with Crippen LogP contribution < -0.4 is 5.32 Å². The lowest BCUT2D eigenvalue weighted by molar-refractivity contribution is -0.384. The zero-order valence-electron chi connectivity index (χ0n) is 18.6. The van der Waals surface area contributed by atoms with Crippen LogP contribution in [-0.4, -0.2) is 28.9 Å². The van der Waals surface area contributed by atoms with Gasteiger partial charge >= 0.3 is 11.7 Å². The van der Waals surface area contributed by atoms with Crippen LogP contribution >= 0.6 is 15.9 Å². The third-order valence-electron chi connectivity index (χ3n) is 6.02. The quantitative estimate of drug-likeness (QED) is 0.254. The van der Waals surface area contributed by atoms with E-state index in [1.54, 1.807) is 19.1 Å². The van der Waals surface area contributed by atoms with E-state index in [1.807, 2.05) is 36.4 Å². The summed E-state index contributed by atoms with van der Waals surface area (Å²) in [6.45, 7) is 1.60.